The molecule has 1 aliphatic rings. The van der Waals surface area contributed by atoms with Crippen molar-refractivity contribution in [3.05, 3.63) is 46.3 Å². The molecule has 0 spiro atoms. The zero-order chi connectivity index (χ0) is 14.2. The summed E-state index contributed by atoms with van der Waals surface area (Å²) in [5.41, 5.74) is 14.7. The molecule has 1 aromatic carbocycles. The number of carbonyl (C=O) groups is 1. The predicted octanol–water partition coefficient (Wildman–Crippen LogP) is 0.478. The van der Waals surface area contributed by atoms with E-state index in [1.807, 2.05) is 32.0 Å². The summed E-state index contributed by atoms with van der Waals surface area (Å²) in [7, 11) is 0. The molecular weight excluding hydrogens is 260 g/mol. The van der Waals surface area contributed by atoms with E-state index in [0.717, 1.165) is 16.7 Å². The molecule has 1 aromatic rings. The van der Waals surface area contributed by atoms with Crippen LogP contribution in [0.25, 0.3) is 0 Å². The number of thiocarbonyl (C=S) groups is 1. The Morgan fingerprint density at radius 2 is 2.05 bits per heavy atom. The second-order valence-electron chi connectivity index (χ2n) is 4.58. The molecule has 0 bridgehead atoms. The quantitative estimate of drug-likeness (QED) is 0.590. The fourth-order valence-electron chi connectivity index (χ4n) is 2.24. The number of aryl methyl sites for hydroxylation is 2. The third-order valence-corrected chi connectivity index (χ3v) is 3.32. The third-order valence-electron chi connectivity index (χ3n) is 3.10. The van der Waals surface area contributed by atoms with Crippen LogP contribution in [-0.2, 0) is 4.79 Å². The first-order valence-corrected chi connectivity index (χ1v) is 6.25. The standard InChI is InChI=1S/C13H16N4OS/c1-6-3-4-8(7(2)5-6)10-9(12(15)18)11(14)17-13(19)16-10/h3-5,10H,14H2,1-2H3,(H2,15,18)(H2,16,17,19). The average Bonchev–Trinajstić information content (AvgIpc) is 2.26. The van der Waals surface area contributed by atoms with Gasteiger partial charge in [-0.1, -0.05) is 23.8 Å². The van der Waals surface area contributed by atoms with Gasteiger partial charge in [0.25, 0.3) is 5.91 Å². The minimum atomic E-state index is -0.565. The average molecular weight is 276 g/mol. The normalized spacial score (nSPS) is 18.8. The lowest BCUT2D eigenvalue weighted by molar-refractivity contribution is -0.115. The number of rotatable bonds is 2. The van der Waals surface area contributed by atoms with Crippen molar-refractivity contribution in [2.24, 2.45) is 11.5 Å². The van der Waals surface area contributed by atoms with Crippen molar-refractivity contribution in [2.75, 3.05) is 0 Å². The molecule has 1 unspecified atom stereocenters. The van der Waals surface area contributed by atoms with Gasteiger partial charge in [-0.2, -0.15) is 0 Å². The van der Waals surface area contributed by atoms with Crippen molar-refractivity contribution in [2.45, 2.75) is 19.9 Å². The molecule has 1 amide bonds. The van der Waals surface area contributed by atoms with Gasteiger partial charge < -0.3 is 22.1 Å². The van der Waals surface area contributed by atoms with Gasteiger partial charge in [-0.05, 0) is 37.2 Å². The SMILES string of the molecule is Cc1ccc(C2NC(=S)NC(N)=C2C(N)=O)c(C)c1. The van der Waals surface area contributed by atoms with Crippen molar-refractivity contribution in [3.8, 4) is 0 Å². The van der Waals surface area contributed by atoms with Crippen LogP contribution in [0.4, 0.5) is 0 Å². The third kappa shape index (κ3) is 2.53. The second-order valence-corrected chi connectivity index (χ2v) is 4.99. The van der Waals surface area contributed by atoms with Crippen LogP contribution in [0.3, 0.4) is 0 Å². The maximum atomic E-state index is 11.6. The molecule has 6 N–H and O–H groups in total. The fraction of sp³-hybridized carbons (Fsp3) is 0.231. The summed E-state index contributed by atoms with van der Waals surface area (Å²) in [4.78, 5) is 11.6. The number of primary amides is 1. The van der Waals surface area contributed by atoms with Gasteiger partial charge >= 0.3 is 0 Å². The van der Waals surface area contributed by atoms with E-state index in [2.05, 4.69) is 10.6 Å². The van der Waals surface area contributed by atoms with Crippen LogP contribution < -0.4 is 22.1 Å². The van der Waals surface area contributed by atoms with Crippen molar-refractivity contribution < 1.29 is 4.79 Å². The first-order chi connectivity index (χ1) is 8.90. The van der Waals surface area contributed by atoms with Gasteiger partial charge in [0.15, 0.2) is 5.11 Å². The highest BCUT2D eigenvalue weighted by Gasteiger charge is 2.29. The molecule has 19 heavy (non-hydrogen) atoms. The van der Waals surface area contributed by atoms with Crippen molar-refractivity contribution >= 4 is 23.2 Å². The predicted molar refractivity (Wildman–Crippen MR) is 77.9 cm³/mol. The van der Waals surface area contributed by atoms with E-state index in [9.17, 15) is 4.79 Å². The number of benzene rings is 1. The number of amides is 1. The van der Waals surface area contributed by atoms with Gasteiger partial charge in [0.2, 0.25) is 0 Å². The Hall–Kier alpha value is -2.08. The van der Waals surface area contributed by atoms with Crippen molar-refractivity contribution in [3.63, 3.8) is 0 Å². The Morgan fingerprint density at radius 1 is 1.37 bits per heavy atom. The van der Waals surface area contributed by atoms with E-state index in [1.54, 1.807) is 0 Å². The summed E-state index contributed by atoms with van der Waals surface area (Å²) >= 11 is 5.08. The summed E-state index contributed by atoms with van der Waals surface area (Å²) in [6, 6.07) is 5.56. The molecule has 1 aliphatic heterocycles. The number of nitrogens with one attached hydrogen (secondary N) is 2. The highest BCUT2D eigenvalue weighted by atomic mass is 32.1. The second kappa shape index (κ2) is 4.89. The van der Waals surface area contributed by atoms with Crippen LogP contribution in [0.1, 0.15) is 22.7 Å². The molecular formula is C13H16N4OS. The van der Waals surface area contributed by atoms with Crippen LogP contribution in [-0.4, -0.2) is 11.0 Å². The van der Waals surface area contributed by atoms with E-state index in [4.69, 9.17) is 23.7 Å². The molecule has 0 saturated carbocycles. The summed E-state index contributed by atoms with van der Waals surface area (Å²) in [5, 5.41) is 6.14. The van der Waals surface area contributed by atoms with Gasteiger partial charge in [-0.3, -0.25) is 4.79 Å². The number of hydrogen-bond acceptors (Lipinski definition) is 3. The molecule has 0 fully saturated rings. The van der Waals surface area contributed by atoms with Crippen LogP contribution >= 0.6 is 12.2 Å². The lowest BCUT2D eigenvalue weighted by atomic mass is 9.92. The van der Waals surface area contributed by atoms with Crippen molar-refractivity contribution in [1.82, 2.24) is 10.6 Å². The van der Waals surface area contributed by atoms with Gasteiger partial charge in [0.1, 0.15) is 5.82 Å². The molecule has 0 saturated heterocycles. The maximum absolute atomic E-state index is 11.6. The summed E-state index contributed by atoms with van der Waals surface area (Å²) in [5.74, 6) is -0.355. The van der Waals surface area contributed by atoms with Crippen LogP contribution in [0.5, 0.6) is 0 Å². The summed E-state index contributed by atoms with van der Waals surface area (Å²) < 4.78 is 0. The summed E-state index contributed by atoms with van der Waals surface area (Å²) in [6.45, 7) is 3.99. The highest BCUT2D eigenvalue weighted by Crippen LogP contribution is 2.27. The van der Waals surface area contributed by atoms with E-state index in [1.165, 1.54) is 0 Å². The first kappa shape index (κ1) is 13.4. The van der Waals surface area contributed by atoms with Crippen molar-refractivity contribution in [1.29, 1.82) is 0 Å². The minimum Gasteiger partial charge on any atom is -0.385 e. The van der Waals surface area contributed by atoms with Crippen LogP contribution in [0.15, 0.2) is 29.6 Å². The lowest BCUT2D eigenvalue weighted by Gasteiger charge is -2.30. The largest absolute Gasteiger partial charge is 0.385 e. The van der Waals surface area contributed by atoms with E-state index in [0.29, 0.717) is 10.7 Å². The topological polar surface area (TPSA) is 93.2 Å². The first-order valence-electron chi connectivity index (χ1n) is 5.84. The zero-order valence-corrected chi connectivity index (χ0v) is 11.6. The number of nitrogens with two attached hydrogens (primary N) is 2. The fourth-order valence-corrected chi connectivity index (χ4v) is 2.47. The van der Waals surface area contributed by atoms with E-state index in [-0.39, 0.29) is 5.82 Å². The van der Waals surface area contributed by atoms with Gasteiger partial charge in [-0.15, -0.1) is 0 Å². The number of hydrogen-bond donors (Lipinski definition) is 4. The number of carbonyl (C=O) groups excluding carboxylic acids is 1. The molecule has 0 aromatic heterocycles. The summed E-state index contributed by atoms with van der Waals surface area (Å²) in [6.07, 6.45) is 0. The molecule has 5 nitrogen and oxygen atoms in total. The van der Waals surface area contributed by atoms with Crippen LogP contribution in [0, 0.1) is 13.8 Å². The Labute approximate surface area is 117 Å². The minimum absolute atomic E-state index is 0.209. The highest BCUT2D eigenvalue weighted by molar-refractivity contribution is 7.80. The molecule has 1 atom stereocenters. The monoisotopic (exact) mass is 276 g/mol. The Balaban J connectivity index is 2.55. The Bertz CT molecular complexity index is 594. The Morgan fingerprint density at radius 3 is 2.63 bits per heavy atom. The Kier molecular flexibility index (Phi) is 3.44. The molecule has 0 aliphatic carbocycles. The van der Waals surface area contributed by atoms with E-state index < -0.39 is 11.9 Å². The van der Waals surface area contributed by atoms with Gasteiger partial charge in [0.05, 0.1) is 11.6 Å². The smallest absolute Gasteiger partial charge is 0.250 e. The maximum Gasteiger partial charge on any atom is 0.250 e. The molecule has 6 heteroatoms. The molecule has 1 heterocycles. The molecule has 100 valence electrons. The van der Waals surface area contributed by atoms with E-state index >= 15 is 0 Å². The van der Waals surface area contributed by atoms with Gasteiger partial charge in [-0.25, -0.2) is 0 Å². The van der Waals surface area contributed by atoms with Gasteiger partial charge in [0, 0.05) is 0 Å². The molecule has 0 radical (unpaired) electrons. The lowest BCUT2D eigenvalue weighted by Crippen LogP contribution is -2.48. The van der Waals surface area contributed by atoms with Crippen LogP contribution in [0.2, 0.25) is 0 Å². The molecule has 2 rings (SSSR count). The zero-order valence-electron chi connectivity index (χ0n) is 10.8.